The summed E-state index contributed by atoms with van der Waals surface area (Å²) in [5, 5.41) is 6.61. The molecule has 6 nitrogen and oxygen atoms in total. The molecule has 0 atom stereocenters. The number of halogens is 1. The highest BCUT2D eigenvalue weighted by molar-refractivity contribution is 6.31. The van der Waals surface area contributed by atoms with Crippen LogP contribution in [0, 0.1) is 20.8 Å². The third-order valence-corrected chi connectivity index (χ3v) is 4.37. The second-order valence-electron chi connectivity index (χ2n) is 6.43. The maximum Gasteiger partial charge on any atom is 0.274 e. The van der Waals surface area contributed by atoms with Crippen LogP contribution in [-0.4, -0.2) is 23.0 Å². The van der Waals surface area contributed by atoms with E-state index < -0.39 is 0 Å². The van der Waals surface area contributed by atoms with Gasteiger partial charge in [-0.25, -0.2) is 9.97 Å². The van der Waals surface area contributed by atoms with E-state index in [0.29, 0.717) is 28.1 Å². The molecule has 0 saturated carbocycles. The van der Waals surface area contributed by atoms with Crippen LogP contribution in [0.4, 0.5) is 17.2 Å². The lowest BCUT2D eigenvalue weighted by Gasteiger charge is -2.13. The van der Waals surface area contributed by atoms with E-state index in [9.17, 15) is 4.79 Å². The Balaban J connectivity index is 1.88. The summed E-state index contributed by atoms with van der Waals surface area (Å²) in [5.41, 5.74) is 3.64. The van der Waals surface area contributed by atoms with Crippen LogP contribution in [0.1, 0.15) is 27.4 Å². The van der Waals surface area contributed by atoms with E-state index in [-0.39, 0.29) is 11.6 Å². The molecule has 28 heavy (non-hydrogen) atoms. The second kappa shape index (κ2) is 8.27. The Morgan fingerprint density at radius 1 is 1.00 bits per heavy atom. The van der Waals surface area contributed by atoms with Gasteiger partial charge in [-0.1, -0.05) is 23.7 Å². The Bertz CT molecular complexity index is 1040. The zero-order valence-corrected chi connectivity index (χ0v) is 16.9. The standard InChI is InChI=1S/C21H21ClN4O2/c1-12-5-8-19(28-4)17(9-12)25-20-11-18(23-14(3)24-20)21(27)26-16-10-15(22)7-6-13(16)2/h5-11H,1-4H3,(H,26,27)(H,23,24,25). The minimum absolute atomic E-state index is 0.251. The number of benzene rings is 2. The van der Waals surface area contributed by atoms with Gasteiger partial charge in [0.1, 0.15) is 23.1 Å². The molecule has 0 unspecified atom stereocenters. The lowest BCUT2D eigenvalue weighted by atomic mass is 10.2. The minimum atomic E-state index is -0.338. The van der Waals surface area contributed by atoms with E-state index >= 15 is 0 Å². The number of amides is 1. The number of nitrogens with zero attached hydrogens (tertiary/aromatic N) is 2. The van der Waals surface area contributed by atoms with Gasteiger partial charge in [0.25, 0.3) is 5.91 Å². The van der Waals surface area contributed by atoms with Gasteiger partial charge in [-0.15, -0.1) is 0 Å². The lowest BCUT2D eigenvalue weighted by molar-refractivity contribution is 0.102. The fourth-order valence-electron chi connectivity index (χ4n) is 2.72. The second-order valence-corrected chi connectivity index (χ2v) is 6.86. The maximum atomic E-state index is 12.7. The van der Waals surface area contributed by atoms with Crippen molar-refractivity contribution in [2.75, 3.05) is 17.7 Å². The predicted molar refractivity (Wildman–Crippen MR) is 112 cm³/mol. The van der Waals surface area contributed by atoms with E-state index in [0.717, 1.165) is 16.8 Å². The van der Waals surface area contributed by atoms with Gasteiger partial charge in [0.15, 0.2) is 0 Å². The van der Waals surface area contributed by atoms with E-state index in [2.05, 4.69) is 20.6 Å². The van der Waals surface area contributed by atoms with Crippen molar-refractivity contribution in [1.29, 1.82) is 0 Å². The molecule has 0 spiro atoms. The van der Waals surface area contributed by atoms with Gasteiger partial charge in [0, 0.05) is 16.8 Å². The molecule has 0 saturated heterocycles. The first-order valence-electron chi connectivity index (χ1n) is 8.70. The number of carbonyl (C=O) groups excluding carboxylic acids is 1. The number of carbonyl (C=O) groups is 1. The van der Waals surface area contributed by atoms with Crippen molar-refractivity contribution in [2.45, 2.75) is 20.8 Å². The van der Waals surface area contributed by atoms with Crippen molar-refractivity contribution in [1.82, 2.24) is 9.97 Å². The van der Waals surface area contributed by atoms with E-state index in [1.165, 1.54) is 0 Å². The van der Waals surface area contributed by atoms with Crippen molar-refractivity contribution >= 4 is 34.7 Å². The first-order chi connectivity index (χ1) is 13.4. The zero-order chi connectivity index (χ0) is 20.3. The van der Waals surface area contributed by atoms with Gasteiger partial charge in [-0.05, 0) is 56.2 Å². The summed E-state index contributed by atoms with van der Waals surface area (Å²) in [6.45, 7) is 5.62. The fourth-order valence-corrected chi connectivity index (χ4v) is 2.89. The number of rotatable bonds is 5. The number of aryl methyl sites for hydroxylation is 3. The highest BCUT2D eigenvalue weighted by Gasteiger charge is 2.13. The van der Waals surface area contributed by atoms with Crippen LogP contribution < -0.4 is 15.4 Å². The summed E-state index contributed by atoms with van der Waals surface area (Å²) in [4.78, 5) is 21.3. The highest BCUT2D eigenvalue weighted by Crippen LogP contribution is 2.28. The molecule has 1 aromatic heterocycles. The zero-order valence-electron chi connectivity index (χ0n) is 16.1. The number of methoxy groups -OCH3 is 1. The van der Waals surface area contributed by atoms with Crippen molar-refractivity contribution in [3.8, 4) is 5.75 Å². The Kier molecular flexibility index (Phi) is 5.80. The Labute approximate surface area is 168 Å². The molecule has 3 aromatic rings. The SMILES string of the molecule is COc1ccc(C)cc1Nc1cc(C(=O)Nc2cc(Cl)ccc2C)nc(C)n1. The Hall–Kier alpha value is -3.12. The molecular weight excluding hydrogens is 376 g/mol. The molecule has 1 amide bonds. The smallest absolute Gasteiger partial charge is 0.274 e. The molecular formula is C21H21ClN4O2. The molecule has 3 rings (SSSR count). The number of anilines is 3. The summed E-state index contributed by atoms with van der Waals surface area (Å²) >= 11 is 6.03. The van der Waals surface area contributed by atoms with E-state index in [1.54, 1.807) is 32.2 Å². The average molecular weight is 397 g/mol. The number of hydrogen-bond donors (Lipinski definition) is 2. The van der Waals surface area contributed by atoms with Crippen LogP contribution in [0.3, 0.4) is 0 Å². The van der Waals surface area contributed by atoms with Gasteiger partial charge < -0.3 is 15.4 Å². The lowest BCUT2D eigenvalue weighted by Crippen LogP contribution is -2.16. The minimum Gasteiger partial charge on any atom is -0.495 e. The van der Waals surface area contributed by atoms with Gasteiger partial charge in [0.05, 0.1) is 12.8 Å². The number of hydrogen-bond acceptors (Lipinski definition) is 5. The van der Waals surface area contributed by atoms with Gasteiger partial charge in [0.2, 0.25) is 0 Å². The summed E-state index contributed by atoms with van der Waals surface area (Å²) in [6.07, 6.45) is 0. The first kappa shape index (κ1) is 19.6. The normalized spacial score (nSPS) is 10.5. The number of aromatic nitrogens is 2. The summed E-state index contributed by atoms with van der Waals surface area (Å²) in [7, 11) is 1.60. The Morgan fingerprint density at radius 2 is 1.79 bits per heavy atom. The van der Waals surface area contributed by atoms with Gasteiger partial charge in [-0.2, -0.15) is 0 Å². The molecule has 0 aliphatic rings. The van der Waals surface area contributed by atoms with Crippen LogP contribution >= 0.6 is 11.6 Å². The third-order valence-electron chi connectivity index (χ3n) is 4.14. The monoisotopic (exact) mass is 396 g/mol. The molecule has 2 aromatic carbocycles. The van der Waals surface area contributed by atoms with Crippen LogP contribution in [0.2, 0.25) is 5.02 Å². The molecule has 0 bridgehead atoms. The molecule has 0 fully saturated rings. The summed E-state index contributed by atoms with van der Waals surface area (Å²) < 4.78 is 5.39. The molecule has 0 aliphatic carbocycles. The Morgan fingerprint density at radius 3 is 2.54 bits per heavy atom. The van der Waals surface area contributed by atoms with Crippen molar-refractivity contribution in [3.63, 3.8) is 0 Å². The molecule has 0 radical (unpaired) electrons. The topological polar surface area (TPSA) is 76.1 Å². The van der Waals surface area contributed by atoms with E-state index in [4.69, 9.17) is 16.3 Å². The molecule has 1 heterocycles. The van der Waals surface area contributed by atoms with Crippen LogP contribution in [0.25, 0.3) is 0 Å². The highest BCUT2D eigenvalue weighted by atomic mass is 35.5. The summed E-state index contributed by atoms with van der Waals surface area (Å²) in [6, 6.07) is 12.7. The fraction of sp³-hybridized carbons (Fsp3) is 0.190. The average Bonchev–Trinajstić information content (AvgIpc) is 2.64. The first-order valence-corrected chi connectivity index (χ1v) is 9.08. The van der Waals surface area contributed by atoms with E-state index in [1.807, 2.05) is 38.1 Å². The van der Waals surface area contributed by atoms with Gasteiger partial charge >= 0.3 is 0 Å². The maximum absolute atomic E-state index is 12.7. The quantitative estimate of drug-likeness (QED) is 0.630. The third kappa shape index (κ3) is 4.58. The molecule has 7 heteroatoms. The number of nitrogens with one attached hydrogen (secondary N) is 2. The van der Waals surface area contributed by atoms with Crippen LogP contribution in [0.15, 0.2) is 42.5 Å². The largest absolute Gasteiger partial charge is 0.495 e. The molecule has 144 valence electrons. The van der Waals surface area contributed by atoms with Crippen LogP contribution in [-0.2, 0) is 0 Å². The van der Waals surface area contributed by atoms with Crippen molar-refractivity contribution in [3.05, 3.63) is 70.1 Å². The van der Waals surface area contributed by atoms with Crippen molar-refractivity contribution < 1.29 is 9.53 Å². The number of ether oxygens (including phenoxy) is 1. The molecule has 0 aliphatic heterocycles. The molecule has 2 N–H and O–H groups in total. The predicted octanol–water partition coefficient (Wildman–Crippen LogP) is 5.06. The summed E-state index contributed by atoms with van der Waals surface area (Å²) in [5.74, 6) is 1.33. The van der Waals surface area contributed by atoms with Crippen LogP contribution in [0.5, 0.6) is 5.75 Å². The van der Waals surface area contributed by atoms with Gasteiger partial charge in [-0.3, -0.25) is 4.79 Å². The van der Waals surface area contributed by atoms with Crippen molar-refractivity contribution in [2.24, 2.45) is 0 Å².